The summed E-state index contributed by atoms with van der Waals surface area (Å²) in [4.78, 5) is 6.86. The Morgan fingerprint density at radius 2 is 2.06 bits per heavy atom. The number of fused-ring (bicyclic) bond motifs is 3. The van der Waals surface area contributed by atoms with Gasteiger partial charge in [0, 0.05) is 13.6 Å². The number of likely N-dealkylation sites (N-methyl/N-ethyl adjacent to an activating group) is 1. The fourth-order valence-electron chi connectivity index (χ4n) is 2.65. The Bertz CT molecular complexity index is 561. The zero-order valence-electron chi connectivity index (χ0n) is 11.1. The molecule has 0 saturated carbocycles. The van der Waals surface area contributed by atoms with Crippen LogP contribution in [0.5, 0.6) is 0 Å². The number of rotatable bonds is 2. The van der Waals surface area contributed by atoms with Crippen LogP contribution in [0.25, 0.3) is 11.0 Å². The SMILES string of the molecule is CC(C)OC1CN(C)c2nc3ccccc3n2C1. The molecule has 0 N–H and O–H groups in total. The summed E-state index contributed by atoms with van der Waals surface area (Å²) in [7, 11) is 2.08. The van der Waals surface area contributed by atoms with Crippen LogP contribution in [0.3, 0.4) is 0 Å². The molecule has 4 nitrogen and oxygen atoms in total. The second-order valence-corrected chi connectivity index (χ2v) is 5.20. The highest BCUT2D eigenvalue weighted by Crippen LogP contribution is 2.26. The monoisotopic (exact) mass is 245 g/mol. The van der Waals surface area contributed by atoms with Crippen molar-refractivity contribution in [3.05, 3.63) is 24.3 Å². The highest BCUT2D eigenvalue weighted by molar-refractivity contribution is 5.79. The van der Waals surface area contributed by atoms with Crippen molar-refractivity contribution < 1.29 is 4.74 Å². The van der Waals surface area contributed by atoms with Crippen molar-refractivity contribution in [2.24, 2.45) is 0 Å². The molecule has 0 spiro atoms. The second kappa shape index (κ2) is 4.28. The van der Waals surface area contributed by atoms with Crippen LogP contribution in [0.1, 0.15) is 13.8 Å². The smallest absolute Gasteiger partial charge is 0.206 e. The molecule has 1 aliphatic rings. The topological polar surface area (TPSA) is 30.3 Å². The van der Waals surface area contributed by atoms with Gasteiger partial charge in [0.1, 0.15) is 0 Å². The van der Waals surface area contributed by atoms with E-state index in [1.54, 1.807) is 0 Å². The first-order valence-corrected chi connectivity index (χ1v) is 6.47. The van der Waals surface area contributed by atoms with Gasteiger partial charge in [0.25, 0.3) is 0 Å². The van der Waals surface area contributed by atoms with E-state index in [0.717, 1.165) is 24.6 Å². The first-order valence-electron chi connectivity index (χ1n) is 6.47. The van der Waals surface area contributed by atoms with Gasteiger partial charge in [-0.05, 0) is 26.0 Å². The molecule has 0 radical (unpaired) electrons. The van der Waals surface area contributed by atoms with E-state index in [2.05, 4.69) is 53.5 Å². The Morgan fingerprint density at radius 1 is 1.28 bits per heavy atom. The van der Waals surface area contributed by atoms with Crippen molar-refractivity contribution in [3.63, 3.8) is 0 Å². The van der Waals surface area contributed by atoms with Crippen LogP contribution in [0.2, 0.25) is 0 Å². The van der Waals surface area contributed by atoms with E-state index >= 15 is 0 Å². The predicted molar refractivity (Wildman–Crippen MR) is 73.0 cm³/mol. The lowest BCUT2D eigenvalue weighted by molar-refractivity contribution is -0.0000714. The number of para-hydroxylation sites is 2. The van der Waals surface area contributed by atoms with Crippen LogP contribution in [0.15, 0.2) is 24.3 Å². The summed E-state index contributed by atoms with van der Waals surface area (Å²) < 4.78 is 8.20. The number of anilines is 1. The molecular weight excluding hydrogens is 226 g/mol. The Hall–Kier alpha value is -1.55. The van der Waals surface area contributed by atoms with E-state index in [1.165, 1.54) is 5.52 Å². The average Bonchev–Trinajstić information content (AvgIpc) is 2.68. The maximum Gasteiger partial charge on any atom is 0.206 e. The van der Waals surface area contributed by atoms with Crippen LogP contribution in [-0.2, 0) is 11.3 Å². The standard InChI is InChI=1S/C14H19N3O/c1-10(2)18-11-8-16(3)14-15-12-6-4-5-7-13(12)17(14)9-11/h4-7,10-11H,8-9H2,1-3H3. The number of aromatic nitrogens is 2. The molecule has 0 fully saturated rings. The van der Waals surface area contributed by atoms with Gasteiger partial charge in [-0.15, -0.1) is 0 Å². The van der Waals surface area contributed by atoms with Gasteiger partial charge in [-0.3, -0.25) is 0 Å². The molecule has 1 aliphatic heterocycles. The third-order valence-corrected chi connectivity index (χ3v) is 3.30. The molecule has 0 saturated heterocycles. The summed E-state index contributed by atoms with van der Waals surface area (Å²) in [6, 6.07) is 8.28. The Kier molecular flexibility index (Phi) is 2.74. The first kappa shape index (κ1) is 11.5. The molecule has 2 aromatic rings. The van der Waals surface area contributed by atoms with Gasteiger partial charge in [-0.1, -0.05) is 12.1 Å². The Balaban J connectivity index is 2.01. The molecule has 1 aromatic carbocycles. The Morgan fingerprint density at radius 3 is 2.83 bits per heavy atom. The maximum absolute atomic E-state index is 5.95. The summed E-state index contributed by atoms with van der Waals surface area (Å²) in [5, 5.41) is 0. The molecule has 0 amide bonds. The molecule has 0 aliphatic carbocycles. The quantitative estimate of drug-likeness (QED) is 0.813. The normalized spacial score (nSPS) is 19.6. The summed E-state index contributed by atoms with van der Waals surface area (Å²) in [5.74, 6) is 1.04. The fraction of sp³-hybridized carbons (Fsp3) is 0.500. The van der Waals surface area contributed by atoms with Gasteiger partial charge in [0.05, 0.1) is 29.8 Å². The number of ether oxygens (including phenoxy) is 1. The molecule has 3 rings (SSSR count). The molecule has 1 aromatic heterocycles. The lowest BCUT2D eigenvalue weighted by atomic mass is 10.2. The van der Waals surface area contributed by atoms with Crippen molar-refractivity contribution in [2.75, 3.05) is 18.5 Å². The minimum absolute atomic E-state index is 0.236. The summed E-state index contributed by atoms with van der Waals surface area (Å²) in [6.45, 7) is 5.96. The van der Waals surface area contributed by atoms with Crippen LogP contribution >= 0.6 is 0 Å². The predicted octanol–water partition coefficient (Wildman–Crippen LogP) is 2.28. The van der Waals surface area contributed by atoms with E-state index in [0.29, 0.717) is 0 Å². The molecule has 96 valence electrons. The van der Waals surface area contributed by atoms with Crippen molar-refractivity contribution in [3.8, 4) is 0 Å². The summed E-state index contributed by atoms with van der Waals surface area (Å²) >= 11 is 0. The lowest BCUT2D eigenvalue weighted by Crippen LogP contribution is -2.41. The third-order valence-electron chi connectivity index (χ3n) is 3.30. The van der Waals surface area contributed by atoms with Crippen LogP contribution in [-0.4, -0.2) is 35.4 Å². The van der Waals surface area contributed by atoms with Crippen molar-refractivity contribution in [1.29, 1.82) is 0 Å². The van der Waals surface area contributed by atoms with E-state index < -0.39 is 0 Å². The van der Waals surface area contributed by atoms with E-state index in [1.807, 2.05) is 6.07 Å². The molecular formula is C14H19N3O. The van der Waals surface area contributed by atoms with E-state index in [9.17, 15) is 0 Å². The summed E-state index contributed by atoms with van der Waals surface area (Å²) in [6.07, 6.45) is 0.500. The average molecular weight is 245 g/mol. The summed E-state index contributed by atoms with van der Waals surface area (Å²) in [5.41, 5.74) is 2.25. The minimum atomic E-state index is 0.236. The van der Waals surface area contributed by atoms with Gasteiger partial charge < -0.3 is 14.2 Å². The van der Waals surface area contributed by atoms with Crippen molar-refractivity contribution in [2.45, 2.75) is 32.6 Å². The van der Waals surface area contributed by atoms with Gasteiger partial charge in [0.2, 0.25) is 5.95 Å². The molecule has 0 bridgehead atoms. The number of nitrogens with zero attached hydrogens (tertiary/aromatic N) is 3. The van der Waals surface area contributed by atoms with Crippen molar-refractivity contribution in [1.82, 2.24) is 9.55 Å². The van der Waals surface area contributed by atoms with Crippen LogP contribution < -0.4 is 4.90 Å². The molecule has 2 heterocycles. The number of imidazole rings is 1. The lowest BCUT2D eigenvalue weighted by Gasteiger charge is -2.32. The zero-order chi connectivity index (χ0) is 12.7. The number of benzene rings is 1. The fourth-order valence-corrected chi connectivity index (χ4v) is 2.65. The highest BCUT2D eigenvalue weighted by atomic mass is 16.5. The largest absolute Gasteiger partial charge is 0.372 e. The third kappa shape index (κ3) is 1.86. The minimum Gasteiger partial charge on any atom is -0.372 e. The van der Waals surface area contributed by atoms with Gasteiger partial charge in [0.15, 0.2) is 0 Å². The molecule has 18 heavy (non-hydrogen) atoms. The molecule has 4 heteroatoms. The van der Waals surface area contributed by atoms with E-state index in [-0.39, 0.29) is 12.2 Å². The Labute approximate surface area is 107 Å². The second-order valence-electron chi connectivity index (χ2n) is 5.20. The van der Waals surface area contributed by atoms with Crippen molar-refractivity contribution >= 4 is 17.0 Å². The maximum atomic E-state index is 5.95. The highest BCUT2D eigenvalue weighted by Gasteiger charge is 2.26. The van der Waals surface area contributed by atoms with Gasteiger partial charge >= 0.3 is 0 Å². The molecule has 1 unspecified atom stereocenters. The first-order chi connectivity index (χ1) is 8.65. The zero-order valence-corrected chi connectivity index (χ0v) is 11.1. The van der Waals surface area contributed by atoms with E-state index in [4.69, 9.17) is 4.74 Å². The van der Waals surface area contributed by atoms with Crippen LogP contribution in [0.4, 0.5) is 5.95 Å². The van der Waals surface area contributed by atoms with Gasteiger partial charge in [-0.25, -0.2) is 4.98 Å². The number of hydrogen-bond donors (Lipinski definition) is 0. The molecule has 1 atom stereocenters. The number of hydrogen-bond acceptors (Lipinski definition) is 3. The van der Waals surface area contributed by atoms with Gasteiger partial charge in [-0.2, -0.15) is 0 Å². The van der Waals surface area contributed by atoms with Crippen LogP contribution in [0, 0.1) is 0 Å².